The maximum absolute atomic E-state index is 12.4. The zero-order valence-electron chi connectivity index (χ0n) is 15.8. The number of aryl methyl sites for hydroxylation is 2. The fraction of sp³-hybridized carbons (Fsp3) is 0.238. The molecule has 0 aliphatic rings. The lowest BCUT2D eigenvalue weighted by Gasteiger charge is -2.11. The number of aromatic nitrogens is 2. The number of rotatable bonds is 8. The van der Waals surface area contributed by atoms with Crippen molar-refractivity contribution < 1.29 is 9.53 Å². The van der Waals surface area contributed by atoms with Gasteiger partial charge in [-0.1, -0.05) is 46.9 Å². The standard InChI is InChI=1S/C21H20Cl3N3O2/c1-14-11-26-27(12-14)7-3-6-25-21(28)16-5-2-4-15(8-16)13-29-20-18(23)9-17(22)10-19(20)24/h2,4-5,8-12H,3,6-7,13H2,1H3,(H,25,28). The number of amides is 1. The van der Waals surface area contributed by atoms with E-state index in [0.717, 1.165) is 24.1 Å². The molecule has 0 saturated carbocycles. The van der Waals surface area contributed by atoms with E-state index in [2.05, 4.69) is 10.4 Å². The van der Waals surface area contributed by atoms with Crippen LogP contribution >= 0.6 is 34.8 Å². The topological polar surface area (TPSA) is 56.2 Å². The van der Waals surface area contributed by atoms with Crippen molar-refractivity contribution in [2.24, 2.45) is 0 Å². The molecule has 2 aromatic carbocycles. The van der Waals surface area contributed by atoms with Gasteiger partial charge in [-0.25, -0.2) is 0 Å². The molecule has 152 valence electrons. The van der Waals surface area contributed by atoms with Gasteiger partial charge < -0.3 is 10.1 Å². The average Bonchev–Trinajstić information content (AvgIpc) is 3.09. The lowest BCUT2D eigenvalue weighted by molar-refractivity contribution is 0.0952. The summed E-state index contributed by atoms with van der Waals surface area (Å²) in [4.78, 5) is 12.4. The number of carbonyl (C=O) groups is 1. The Morgan fingerprint density at radius 3 is 2.62 bits per heavy atom. The minimum atomic E-state index is -0.133. The number of hydrogen-bond donors (Lipinski definition) is 1. The number of carbonyl (C=O) groups excluding carboxylic acids is 1. The number of nitrogens with one attached hydrogen (secondary N) is 1. The maximum Gasteiger partial charge on any atom is 0.251 e. The van der Waals surface area contributed by atoms with E-state index in [4.69, 9.17) is 39.5 Å². The van der Waals surface area contributed by atoms with Crippen molar-refractivity contribution in [3.63, 3.8) is 0 Å². The molecule has 1 aromatic heterocycles. The van der Waals surface area contributed by atoms with E-state index >= 15 is 0 Å². The first-order valence-electron chi connectivity index (χ1n) is 9.06. The predicted octanol–water partition coefficient (Wildman–Crippen LogP) is 5.55. The summed E-state index contributed by atoms with van der Waals surface area (Å²) in [5.74, 6) is 0.229. The Hall–Kier alpha value is -2.21. The molecule has 3 aromatic rings. The fourth-order valence-corrected chi connectivity index (χ4v) is 3.69. The second-order valence-corrected chi connectivity index (χ2v) is 7.83. The Balaban J connectivity index is 1.52. The van der Waals surface area contributed by atoms with E-state index in [9.17, 15) is 4.79 Å². The van der Waals surface area contributed by atoms with Gasteiger partial charge in [-0.05, 0) is 48.7 Å². The monoisotopic (exact) mass is 451 g/mol. The number of hydrogen-bond acceptors (Lipinski definition) is 3. The van der Waals surface area contributed by atoms with Crippen molar-refractivity contribution >= 4 is 40.7 Å². The first-order valence-corrected chi connectivity index (χ1v) is 10.2. The van der Waals surface area contributed by atoms with E-state index in [1.165, 1.54) is 0 Å². The minimum Gasteiger partial charge on any atom is -0.486 e. The predicted molar refractivity (Wildman–Crippen MR) is 116 cm³/mol. The van der Waals surface area contributed by atoms with Crippen molar-refractivity contribution in [1.29, 1.82) is 0 Å². The van der Waals surface area contributed by atoms with Gasteiger partial charge >= 0.3 is 0 Å². The second kappa shape index (κ2) is 10.0. The maximum atomic E-state index is 12.4. The molecule has 0 unspecified atom stereocenters. The van der Waals surface area contributed by atoms with Gasteiger partial charge in [0, 0.05) is 29.9 Å². The molecule has 0 aliphatic heterocycles. The summed E-state index contributed by atoms with van der Waals surface area (Å²) in [5, 5.41) is 8.26. The van der Waals surface area contributed by atoms with Gasteiger partial charge in [0.15, 0.2) is 5.75 Å². The summed E-state index contributed by atoms with van der Waals surface area (Å²) in [5.41, 5.74) is 2.51. The van der Waals surface area contributed by atoms with Crippen LogP contribution in [-0.2, 0) is 13.2 Å². The van der Waals surface area contributed by atoms with Crippen LogP contribution in [-0.4, -0.2) is 22.2 Å². The normalized spacial score (nSPS) is 10.8. The van der Waals surface area contributed by atoms with Gasteiger partial charge in [-0.15, -0.1) is 0 Å². The zero-order chi connectivity index (χ0) is 20.8. The SMILES string of the molecule is Cc1cnn(CCCNC(=O)c2cccc(COc3c(Cl)cc(Cl)cc3Cl)c2)c1. The molecule has 0 aliphatic carbocycles. The number of nitrogens with zero attached hydrogens (tertiary/aromatic N) is 2. The Bertz CT molecular complexity index is 981. The van der Waals surface area contributed by atoms with E-state index in [1.54, 1.807) is 24.3 Å². The Morgan fingerprint density at radius 2 is 1.93 bits per heavy atom. The van der Waals surface area contributed by atoms with Crippen LogP contribution in [0.15, 0.2) is 48.8 Å². The van der Waals surface area contributed by atoms with Gasteiger partial charge in [-0.3, -0.25) is 9.48 Å². The van der Waals surface area contributed by atoms with Crippen molar-refractivity contribution in [2.75, 3.05) is 6.54 Å². The first-order chi connectivity index (χ1) is 13.9. The molecule has 8 heteroatoms. The van der Waals surface area contributed by atoms with Crippen molar-refractivity contribution in [3.05, 3.63) is 80.6 Å². The molecule has 0 fully saturated rings. The van der Waals surface area contributed by atoms with Crippen molar-refractivity contribution in [1.82, 2.24) is 15.1 Å². The summed E-state index contributed by atoms with van der Waals surface area (Å²) < 4.78 is 7.60. The van der Waals surface area contributed by atoms with Crippen LogP contribution in [0.3, 0.4) is 0 Å². The zero-order valence-corrected chi connectivity index (χ0v) is 18.1. The highest BCUT2D eigenvalue weighted by molar-refractivity contribution is 6.40. The highest BCUT2D eigenvalue weighted by atomic mass is 35.5. The van der Waals surface area contributed by atoms with Gasteiger partial charge in [0.25, 0.3) is 5.91 Å². The quantitative estimate of drug-likeness (QED) is 0.456. The van der Waals surface area contributed by atoms with Crippen molar-refractivity contribution in [2.45, 2.75) is 26.5 Å². The molecule has 0 atom stereocenters. The molecule has 5 nitrogen and oxygen atoms in total. The van der Waals surface area contributed by atoms with Crippen LogP contribution < -0.4 is 10.1 Å². The Kier molecular flexibility index (Phi) is 7.42. The van der Waals surface area contributed by atoms with E-state index in [-0.39, 0.29) is 12.5 Å². The van der Waals surface area contributed by atoms with Crippen LogP contribution in [0, 0.1) is 6.92 Å². The van der Waals surface area contributed by atoms with Crippen molar-refractivity contribution in [3.8, 4) is 5.75 Å². The summed E-state index contributed by atoms with van der Waals surface area (Å²) in [6, 6.07) is 10.4. The van der Waals surface area contributed by atoms with Gasteiger partial charge in [0.05, 0.1) is 16.2 Å². The van der Waals surface area contributed by atoms with Crippen LogP contribution in [0.1, 0.15) is 27.9 Å². The first kappa shape index (κ1) is 21.5. The second-order valence-electron chi connectivity index (χ2n) is 6.58. The third-order valence-corrected chi connectivity index (χ3v) is 4.93. The smallest absolute Gasteiger partial charge is 0.251 e. The Morgan fingerprint density at radius 1 is 1.17 bits per heavy atom. The third kappa shape index (κ3) is 6.13. The van der Waals surface area contributed by atoms with Gasteiger partial charge in [0.1, 0.15) is 6.61 Å². The van der Waals surface area contributed by atoms with E-state index in [0.29, 0.717) is 32.9 Å². The number of ether oxygens (including phenoxy) is 1. The minimum absolute atomic E-state index is 0.133. The summed E-state index contributed by atoms with van der Waals surface area (Å²) >= 11 is 18.2. The molecule has 0 bridgehead atoms. The highest BCUT2D eigenvalue weighted by Gasteiger charge is 2.11. The molecule has 0 spiro atoms. The lowest BCUT2D eigenvalue weighted by atomic mass is 10.1. The molecule has 29 heavy (non-hydrogen) atoms. The summed E-state index contributed by atoms with van der Waals surface area (Å²) in [6.45, 7) is 3.54. The largest absolute Gasteiger partial charge is 0.486 e. The van der Waals surface area contributed by atoms with Gasteiger partial charge in [-0.2, -0.15) is 5.10 Å². The van der Waals surface area contributed by atoms with Crippen LogP contribution in [0.5, 0.6) is 5.75 Å². The molecule has 1 amide bonds. The third-order valence-electron chi connectivity index (χ3n) is 4.15. The van der Waals surface area contributed by atoms with Gasteiger partial charge in [0.2, 0.25) is 0 Å². The molecule has 0 radical (unpaired) electrons. The van der Waals surface area contributed by atoms with Crippen LogP contribution in [0.4, 0.5) is 0 Å². The molecule has 3 rings (SSSR count). The lowest BCUT2D eigenvalue weighted by Crippen LogP contribution is -2.25. The molecule has 0 saturated heterocycles. The summed E-state index contributed by atoms with van der Waals surface area (Å²) in [7, 11) is 0. The number of halogens is 3. The van der Waals surface area contributed by atoms with E-state index in [1.807, 2.05) is 36.1 Å². The van der Waals surface area contributed by atoms with Crippen LogP contribution in [0.25, 0.3) is 0 Å². The van der Waals surface area contributed by atoms with E-state index < -0.39 is 0 Å². The average molecular weight is 453 g/mol. The number of benzene rings is 2. The van der Waals surface area contributed by atoms with Crippen LogP contribution in [0.2, 0.25) is 15.1 Å². The highest BCUT2D eigenvalue weighted by Crippen LogP contribution is 2.36. The molecular formula is C21H20Cl3N3O2. The molecule has 1 heterocycles. The molecular weight excluding hydrogens is 433 g/mol. The fourth-order valence-electron chi connectivity index (χ4n) is 2.76. The summed E-state index contributed by atoms with van der Waals surface area (Å²) in [6.07, 6.45) is 4.59. The Labute approximate surface area is 184 Å². The molecule has 1 N–H and O–H groups in total.